The van der Waals surface area contributed by atoms with Crippen molar-refractivity contribution >= 4 is 0 Å². The largest absolute Gasteiger partial charge is 0.491 e. The third-order valence-corrected chi connectivity index (χ3v) is 2.65. The normalized spacial score (nSPS) is 12.9. The molecule has 3 N–H and O–H groups in total. The summed E-state index contributed by atoms with van der Waals surface area (Å²) in [5.74, 6) is 6.27. The molecule has 1 unspecified atom stereocenters. The van der Waals surface area contributed by atoms with E-state index in [1.54, 1.807) is 0 Å². The van der Waals surface area contributed by atoms with Crippen LogP contribution in [0.1, 0.15) is 31.9 Å². The molecule has 0 amide bonds. The van der Waals surface area contributed by atoms with E-state index in [0.29, 0.717) is 6.42 Å². The lowest BCUT2D eigenvalue weighted by Crippen LogP contribution is -2.29. The summed E-state index contributed by atoms with van der Waals surface area (Å²) in [7, 11) is 0. The summed E-state index contributed by atoms with van der Waals surface area (Å²) in [4.78, 5) is 0. The Kier molecular flexibility index (Phi) is 7.43. The molecule has 1 aromatic rings. The van der Waals surface area contributed by atoms with Crippen molar-refractivity contribution in [2.45, 2.75) is 38.8 Å². The van der Waals surface area contributed by atoms with Crippen LogP contribution in [0.2, 0.25) is 0 Å². The van der Waals surface area contributed by atoms with Crippen LogP contribution < -0.4 is 16.0 Å². The first-order chi connectivity index (χ1) is 9.52. The van der Waals surface area contributed by atoms with Gasteiger partial charge in [-0.2, -0.15) is 0 Å². The minimum atomic E-state index is -2.44. The number of hydrazine groups is 1. The molecule has 0 saturated heterocycles. The van der Waals surface area contributed by atoms with E-state index in [2.05, 4.69) is 5.43 Å². The fraction of sp³-hybridized carbons (Fsp3) is 0.571. The van der Waals surface area contributed by atoms with E-state index in [1.165, 1.54) is 0 Å². The van der Waals surface area contributed by atoms with Crippen molar-refractivity contribution in [1.82, 2.24) is 5.43 Å². The van der Waals surface area contributed by atoms with Crippen LogP contribution in [0.25, 0.3) is 0 Å². The zero-order valence-corrected chi connectivity index (χ0v) is 11.8. The van der Waals surface area contributed by atoms with Crippen molar-refractivity contribution in [3.63, 3.8) is 0 Å². The lowest BCUT2D eigenvalue weighted by Gasteiger charge is -2.17. The monoisotopic (exact) mass is 288 g/mol. The summed E-state index contributed by atoms with van der Waals surface area (Å²) in [6.45, 7) is 3.60. The van der Waals surface area contributed by atoms with Gasteiger partial charge in [-0.1, -0.05) is 12.1 Å². The first kappa shape index (κ1) is 16.8. The highest BCUT2D eigenvalue weighted by atomic mass is 19.3. The van der Waals surface area contributed by atoms with Gasteiger partial charge < -0.3 is 9.47 Å². The van der Waals surface area contributed by atoms with E-state index in [1.807, 2.05) is 38.1 Å². The Balaban J connectivity index is 2.48. The standard InChI is InChI=1S/C14H22F2N2O2/c1-10(2)20-12-5-3-11(4-6-12)13(18-17)7-8-19-9-14(15)16/h3-6,10,13-14,18H,7-9,17H2,1-2H3. The number of hydrogen-bond acceptors (Lipinski definition) is 4. The Labute approximate surface area is 118 Å². The van der Waals surface area contributed by atoms with E-state index < -0.39 is 13.0 Å². The zero-order valence-electron chi connectivity index (χ0n) is 11.8. The molecule has 1 rings (SSSR count). The summed E-state index contributed by atoms with van der Waals surface area (Å²) in [5, 5.41) is 0. The Morgan fingerprint density at radius 1 is 1.20 bits per heavy atom. The maximum atomic E-state index is 11.9. The van der Waals surface area contributed by atoms with Gasteiger partial charge in [0.25, 0.3) is 6.43 Å². The molecular formula is C14H22F2N2O2. The molecule has 20 heavy (non-hydrogen) atoms. The van der Waals surface area contributed by atoms with Gasteiger partial charge >= 0.3 is 0 Å². The molecule has 114 valence electrons. The molecule has 0 aliphatic heterocycles. The lowest BCUT2D eigenvalue weighted by atomic mass is 10.0. The SMILES string of the molecule is CC(C)Oc1ccc(C(CCOCC(F)F)NN)cc1. The summed E-state index contributed by atoms with van der Waals surface area (Å²) in [5.41, 5.74) is 3.62. The van der Waals surface area contributed by atoms with Gasteiger partial charge in [0.1, 0.15) is 12.4 Å². The van der Waals surface area contributed by atoms with E-state index >= 15 is 0 Å². The van der Waals surface area contributed by atoms with Gasteiger partial charge in [0, 0.05) is 12.6 Å². The second kappa shape index (κ2) is 8.84. The second-order valence-electron chi connectivity index (χ2n) is 4.71. The van der Waals surface area contributed by atoms with Crippen LogP contribution in [0.5, 0.6) is 5.75 Å². The van der Waals surface area contributed by atoms with Crippen molar-refractivity contribution in [3.05, 3.63) is 29.8 Å². The highest BCUT2D eigenvalue weighted by molar-refractivity contribution is 5.29. The first-order valence-electron chi connectivity index (χ1n) is 6.61. The van der Waals surface area contributed by atoms with E-state index in [0.717, 1.165) is 11.3 Å². The Morgan fingerprint density at radius 2 is 1.85 bits per heavy atom. The van der Waals surface area contributed by atoms with E-state index in [-0.39, 0.29) is 18.8 Å². The molecular weight excluding hydrogens is 266 g/mol. The van der Waals surface area contributed by atoms with Gasteiger partial charge in [-0.25, -0.2) is 8.78 Å². The van der Waals surface area contributed by atoms with Crippen molar-refractivity contribution < 1.29 is 18.3 Å². The first-order valence-corrected chi connectivity index (χ1v) is 6.61. The van der Waals surface area contributed by atoms with Crippen LogP contribution in [0.15, 0.2) is 24.3 Å². The average Bonchev–Trinajstić information content (AvgIpc) is 2.39. The molecule has 0 aliphatic carbocycles. The summed E-state index contributed by atoms with van der Waals surface area (Å²) >= 11 is 0. The van der Waals surface area contributed by atoms with Gasteiger partial charge in [0.05, 0.1) is 6.10 Å². The number of rotatable bonds is 9. The predicted octanol–water partition coefficient (Wildman–Crippen LogP) is 2.65. The van der Waals surface area contributed by atoms with Gasteiger partial charge in [-0.15, -0.1) is 0 Å². The molecule has 1 aromatic carbocycles. The number of benzene rings is 1. The summed E-state index contributed by atoms with van der Waals surface area (Å²) in [6.07, 6.45) is -1.80. The number of nitrogens with one attached hydrogen (secondary N) is 1. The molecule has 0 radical (unpaired) electrons. The number of hydrogen-bond donors (Lipinski definition) is 2. The quantitative estimate of drug-likeness (QED) is 0.417. The number of halogens is 2. The van der Waals surface area contributed by atoms with Crippen LogP contribution >= 0.6 is 0 Å². The molecule has 0 bridgehead atoms. The molecule has 0 fully saturated rings. The highest BCUT2D eigenvalue weighted by Crippen LogP contribution is 2.20. The van der Waals surface area contributed by atoms with E-state index in [9.17, 15) is 8.78 Å². The summed E-state index contributed by atoms with van der Waals surface area (Å²) < 4.78 is 34.3. The van der Waals surface area contributed by atoms with Crippen LogP contribution in [0.3, 0.4) is 0 Å². The summed E-state index contributed by atoms with van der Waals surface area (Å²) in [6, 6.07) is 7.38. The number of ether oxygens (including phenoxy) is 2. The van der Waals surface area contributed by atoms with Crippen molar-refractivity contribution in [3.8, 4) is 5.75 Å². The molecule has 1 atom stereocenters. The van der Waals surface area contributed by atoms with E-state index in [4.69, 9.17) is 15.3 Å². The average molecular weight is 288 g/mol. The predicted molar refractivity (Wildman–Crippen MR) is 73.7 cm³/mol. The molecule has 0 aliphatic rings. The van der Waals surface area contributed by atoms with Crippen LogP contribution in [0, 0.1) is 0 Å². The van der Waals surface area contributed by atoms with Crippen LogP contribution in [-0.4, -0.2) is 25.7 Å². The third kappa shape index (κ3) is 6.27. The van der Waals surface area contributed by atoms with Gasteiger partial charge in [0.15, 0.2) is 0 Å². The van der Waals surface area contributed by atoms with Gasteiger partial charge in [-0.05, 0) is 38.0 Å². The maximum absolute atomic E-state index is 11.9. The van der Waals surface area contributed by atoms with Crippen molar-refractivity contribution in [1.29, 1.82) is 0 Å². The highest BCUT2D eigenvalue weighted by Gasteiger charge is 2.11. The van der Waals surface area contributed by atoms with Crippen LogP contribution in [-0.2, 0) is 4.74 Å². The minimum absolute atomic E-state index is 0.118. The van der Waals surface area contributed by atoms with Gasteiger partial charge in [0.2, 0.25) is 0 Å². The fourth-order valence-electron chi connectivity index (χ4n) is 1.77. The number of nitrogens with two attached hydrogens (primary N) is 1. The zero-order chi connectivity index (χ0) is 15.0. The maximum Gasteiger partial charge on any atom is 0.261 e. The molecule has 0 saturated carbocycles. The topological polar surface area (TPSA) is 56.5 Å². The van der Waals surface area contributed by atoms with Gasteiger partial charge in [-0.3, -0.25) is 11.3 Å². The van der Waals surface area contributed by atoms with Crippen molar-refractivity contribution in [2.24, 2.45) is 5.84 Å². The molecule has 0 spiro atoms. The second-order valence-corrected chi connectivity index (χ2v) is 4.71. The number of alkyl halides is 2. The Morgan fingerprint density at radius 3 is 2.35 bits per heavy atom. The molecule has 0 heterocycles. The Hall–Kier alpha value is -1.24. The Bertz CT molecular complexity index is 372. The minimum Gasteiger partial charge on any atom is -0.491 e. The van der Waals surface area contributed by atoms with Crippen LogP contribution in [0.4, 0.5) is 8.78 Å². The molecule has 4 nitrogen and oxygen atoms in total. The smallest absolute Gasteiger partial charge is 0.261 e. The third-order valence-electron chi connectivity index (χ3n) is 2.65. The molecule has 0 aromatic heterocycles. The fourth-order valence-corrected chi connectivity index (χ4v) is 1.77. The lowest BCUT2D eigenvalue weighted by molar-refractivity contribution is 0.0143. The molecule has 6 heteroatoms. The van der Waals surface area contributed by atoms with Crippen molar-refractivity contribution in [2.75, 3.05) is 13.2 Å².